The number of nitrogens with two attached hydrogens (primary N) is 1. The van der Waals surface area contributed by atoms with Crippen LogP contribution in [0.1, 0.15) is 50.0 Å². The van der Waals surface area contributed by atoms with E-state index < -0.39 is 15.9 Å². The van der Waals surface area contributed by atoms with Gasteiger partial charge in [0.25, 0.3) is 15.9 Å². The van der Waals surface area contributed by atoms with Gasteiger partial charge in [-0.2, -0.15) is 0 Å². The maximum Gasteiger partial charge on any atom is 0.268 e. The average molecular weight is 524 g/mol. The number of carbonyl (C=O) groups is 1. The van der Waals surface area contributed by atoms with Gasteiger partial charge in [0.15, 0.2) is 0 Å². The molecular weight excluding hydrogens is 490 g/mol. The highest BCUT2D eigenvalue weighted by Crippen LogP contribution is 2.40. The molecule has 1 amide bonds. The number of aryl methyl sites for hydroxylation is 1. The third-order valence-corrected chi connectivity index (χ3v) is 8.47. The summed E-state index contributed by atoms with van der Waals surface area (Å²) in [7, 11) is -4.25. The normalized spacial score (nSPS) is 17.0. The van der Waals surface area contributed by atoms with Crippen LogP contribution in [0.4, 0.5) is 11.6 Å². The van der Waals surface area contributed by atoms with Crippen molar-refractivity contribution in [3.63, 3.8) is 0 Å². The van der Waals surface area contributed by atoms with Crippen molar-refractivity contribution in [3.05, 3.63) is 59.8 Å². The van der Waals surface area contributed by atoms with Gasteiger partial charge < -0.3 is 15.4 Å². The van der Waals surface area contributed by atoms with Gasteiger partial charge in [-0.15, -0.1) is 0 Å². The van der Waals surface area contributed by atoms with Crippen molar-refractivity contribution >= 4 is 27.6 Å². The highest BCUT2D eigenvalue weighted by Gasteiger charge is 2.41. The summed E-state index contributed by atoms with van der Waals surface area (Å²) in [5, 5.41) is 0. The van der Waals surface area contributed by atoms with E-state index in [1.54, 1.807) is 12.1 Å². The number of aromatic nitrogens is 2. The second kappa shape index (κ2) is 10.0. The standard InChI is InChI=1S/C27H33N5O4S/c1-6-36-22-12-9-17(2)16-20(22)21-11-10-19(25(30-21)32-15-13-18(3)27(32,4)5)26(33)31-37(34,35)23-8-7-14-29-24(23)28/h7-12,14,16,18H,6,13,15H2,1-5H3,(H2,28,29)(H,31,33). The topological polar surface area (TPSA) is 128 Å². The number of nitrogen functional groups attached to an aromatic ring is 1. The molecule has 1 aromatic carbocycles. The zero-order valence-corrected chi connectivity index (χ0v) is 22.6. The van der Waals surface area contributed by atoms with Crippen molar-refractivity contribution in [1.29, 1.82) is 0 Å². The molecule has 1 fully saturated rings. The van der Waals surface area contributed by atoms with Crippen LogP contribution in [0.5, 0.6) is 5.75 Å². The van der Waals surface area contributed by atoms with E-state index in [0.29, 0.717) is 36.3 Å². The Labute approximate surface area is 218 Å². The molecular formula is C27H33N5O4S. The maximum atomic E-state index is 13.4. The molecule has 9 nitrogen and oxygen atoms in total. The van der Waals surface area contributed by atoms with Crippen LogP contribution >= 0.6 is 0 Å². The summed E-state index contributed by atoms with van der Waals surface area (Å²) < 4.78 is 34.0. The van der Waals surface area contributed by atoms with E-state index in [-0.39, 0.29) is 21.8 Å². The summed E-state index contributed by atoms with van der Waals surface area (Å²) in [4.78, 5) is 24.0. The highest BCUT2D eigenvalue weighted by atomic mass is 32.2. The molecule has 1 saturated heterocycles. The van der Waals surface area contributed by atoms with E-state index in [9.17, 15) is 13.2 Å². The zero-order chi connectivity index (χ0) is 27.0. The Hall–Kier alpha value is -3.66. The first-order valence-corrected chi connectivity index (χ1v) is 13.7. The van der Waals surface area contributed by atoms with Crippen molar-refractivity contribution in [2.75, 3.05) is 23.8 Å². The Morgan fingerprint density at radius 2 is 2.00 bits per heavy atom. The monoisotopic (exact) mass is 523 g/mol. The molecule has 1 unspecified atom stereocenters. The number of rotatable bonds is 7. The smallest absolute Gasteiger partial charge is 0.268 e. The molecule has 0 radical (unpaired) electrons. The minimum Gasteiger partial charge on any atom is -0.493 e. The van der Waals surface area contributed by atoms with Gasteiger partial charge in [0.2, 0.25) is 0 Å². The molecule has 0 saturated carbocycles. The number of anilines is 2. The van der Waals surface area contributed by atoms with Gasteiger partial charge in [0, 0.05) is 23.8 Å². The number of nitrogens with one attached hydrogen (secondary N) is 1. The lowest BCUT2D eigenvalue weighted by molar-refractivity contribution is 0.0981. The quantitative estimate of drug-likeness (QED) is 0.472. The van der Waals surface area contributed by atoms with Gasteiger partial charge in [0.1, 0.15) is 22.3 Å². The summed E-state index contributed by atoms with van der Waals surface area (Å²) in [5.74, 6) is 0.469. The molecule has 196 valence electrons. The van der Waals surface area contributed by atoms with Crippen molar-refractivity contribution in [2.45, 2.75) is 51.5 Å². The fourth-order valence-electron chi connectivity index (χ4n) is 4.58. The minimum absolute atomic E-state index is 0.155. The first kappa shape index (κ1) is 26.4. The predicted octanol–water partition coefficient (Wildman–Crippen LogP) is 4.18. The SMILES string of the molecule is CCOc1ccc(C)cc1-c1ccc(C(=O)NS(=O)(=O)c2cccnc2N)c(N2CCC(C)C2(C)C)n1. The Bertz CT molecular complexity index is 1440. The van der Waals surface area contributed by atoms with Crippen molar-refractivity contribution in [1.82, 2.24) is 14.7 Å². The Morgan fingerprint density at radius 1 is 1.24 bits per heavy atom. The summed E-state index contributed by atoms with van der Waals surface area (Å²) in [6.07, 6.45) is 2.30. The van der Waals surface area contributed by atoms with Crippen LogP contribution in [0, 0.1) is 12.8 Å². The fraction of sp³-hybridized carbons (Fsp3) is 0.370. The van der Waals surface area contributed by atoms with Gasteiger partial charge in [0.05, 0.1) is 17.9 Å². The van der Waals surface area contributed by atoms with Crippen molar-refractivity contribution in [2.24, 2.45) is 5.92 Å². The zero-order valence-electron chi connectivity index (χ0n) is 21.8. The number of ether oxygens (including phenoxy) is 1. The van der Waals surface area contributed by atoms with E-state index in [1.165, 1.54) is 18.3 Å². The van der Waals surface area contributed by atoms with Crippen LogP contribution in [0.15, 0.2) is 53.6 Å². The minimum atomic E-state index is -4.25. The molecule has 10 heteroatoms. The molecule has 0 spiro atoms. The molecule has 37 heavy (non-hydrogen) atoms. The number of pyridine rings is 2. The summed E-state index contributed by atoms with van der Waals surface area (Å²) in [6, 6.07) is 12.0. The number of nitrogens with zero attached hydrogens (tertiary/aromatic N) is 3. The van der Waals surface area contributed by atoms with Crippen LogP contribution in [0.3, 0.4) is 0 Å². The molecule has 3 aromatic rings. The predicted molar refractivity (Wildman–Crippen MR) is 144 cm³/mol. The Kier molecular flexibility index (Phi) is 7.14. The highest BCUT2D eigenvalue weighted by molar-refractivity contribution is 7.90. The first-order valence-electron chi connectivity index (χ1n) is 12.3. The van der Waals surface area contributed by atoms with Crippen LogP contribution < -0.4 is 20.1 Å². The molecule has 1 atom stereocenters. The van der Waals surface area contributed by atoms with Crippen LogP contribution in [0.25, 0.3) is 11.3 Å². The van der Waals surface area contributed by atoms with E-state index in [2.05, 4.69) is 35.4 Å². The van der Waals surface area contributed by atoms with E-state index in [4.69, 9.17) is 15.5 Å². The largest absolute Gasteiger partial charge is 0.493 e. The number of benzene rings is 1. The average Bonchev–Trinajstić information content (AvgIpc) is 3.11. The second-order valence-corrected chi connectivity index (χ2v) is 11.5. The Morgan fingerprint density at radius 3 is 2.65 bits per heavy atom. The van der Waals surface area contributed by atoms with Crippen molar-refractivity contribution < 1.29 is 17.9 Å². The number of sulfonamides is 1. The third kappa shape index (κ3) is 5.11. The maximum absolute atomic E-state index is 13.4. The summed E-state index contributed by atoms with van der Waals surface area (Å²) >= 11 is 0. The lowest BCUT2D eigenvalue weighted by Crippen LogP contribution is -2.43. The number of hydrogen-bond donors (Lipinski definition) is 2. The molecule has 2 aromatic heterocycles. The van der Waals surface area contributed by atoms with Crippen LogP contribution in [-0.4, -0.2) is 43.0 Å². The van der Waals surface area contributed by atoms with Gasteiger partial charge in [-0.25, -0.2) is 23.1 Å². The molecule has 3 N–H and O–H groups in total. The molecule has 0 aliphatic carbocycles. The Balaban J connectivity index is 1.82. The van der Waals surface area contributed by atoms with E-state index in [1.807, 2.05) is 32.0 Å². The summed E-state index contributed by atoms with van der Waals surface area (Å²) in [6.45, 7) is 11.4. The van der Waals surface area contributed by atoms with Gasteiger partial charge in [-0.3, -0.25) is 4.79 Å². The number of amides is 1. The molecule has 1 aliphatic rings. The first-order chi connectivity index (χ1) is 17.5. The van der Waals surface area contributed by atoms with Crippen LogP contribution in [-0.2, 0) is 10.0 Å². The van der Waals surface area contributed by atoms with Gasteiger partial charge in [-0.05, 0) is 76.4 Å². The van der Waals surface area contributed by atoms with Gasteiger partial charge in [-0.1, -0.05) is 18.6 Å². The molecule has 4 rings (SSSR count). The van der Waals surface area contributed by atoms with E-state index in [0.717, 1.165) is 17.5 Å². The second-order valence-electron chi connectivity index (χ2n) is 9.82. The fourth-order valence-corrected chi connectivity index (χ4v) is 5.63. The van der Waals surface area contributed by atoms with E-state index >= 15 is 0 Å². The molecule has 3 heterocycles. The van der Waals surface area contributed by atoms with Crippen molar-refractivity contribution in [3.8, 4) is 17.0 Å². The summed E-state index contributed by atoms with van der Waals surface area (Å²) in [5.41, 5.74) is 8.09. The third-order valence-electron chi connectivity index (χ3n) is 7.09. The number of carbonyl (C=O) groups excluding carboxylic acids is 1. The molecule has 1 aliphatic heterocycles. The lowest BCUT2D eigenvalue weighted by Gasteiger charge is -2.36. The number of hydrogen-bond acceptors (Lipinski definition) is 8. The lowest BCUT2D eigenvalue weighted by atomic mass is 9.90. The molecule has 0 bridgehead atoms. The van der Waals surface area contributed by atoms with Gasteiger partial charge >= 0.3 is 0 Å². The van der Waals surface area contributed by atoms with Crippen LogP contribution in [0.2, 0.25) is 0 Å².